The third-order valence-corrected chi connectivity index (χ3v) is 4.43. The Balaban J connectivity index is 1.41. The molecule has 7 nitrogen and oxygen atoms in total. The largest absolute Gasteiger partial charge is 0.348 e. The minimum atomic E-state index is -0.185. The molecule has 1 amide bonds. The molecule has 3 aromatic rings. The molecule has 4 rings (SSSR count). The number of amides is 1. The number of hydrogen-bond donors (Lipinski definition) is 1. The first-order chi connectivity index (χ1) is 12.7. The highest BCUT2D eigenvalue weighted by atomic mass is 16.2. The maximum absolute atomic E-state index is 12.4. The van der Waals surface area contributed by atoms with Gasteiger partial charge in [0.05, 0.1) is 5.56 Å². The van der Waals surface area contributed by atoms with Gasteiger partial charge >= 0.3 is 5.69 Å². The van der Waals surface area contributed by atoms with Crippen LogP contribution in [-0.4, -0.2) is 25.0 Å². The number of carbonyl (C=O) groups excluding carboxylic acids is 1. The van der Waals surface area contributed by atoms with Gasteiger partial charge in [0.25, 0.3) is 5.91 Å². The van der Waals surface area contributed by atoms with Crippen LogP contribution in [0.15, 0.2) is 60.0 Å². The van der Waals surface area contributed by atoms with Gasteiger partial charge in [0.2, 0.25) is 0 Å². The Morgan fingerprint density at radius 2 is 2.08 bits per heavy atom. The molecule has 1 aliphatic rings. The molecule has 132 valence electrons. The number of pyridine rings is 2. The number of nitrogens with one attached hydrogen (secondary N) is 1. The maximum Gasteiger partial charge on any atom is 0.333 e. The molecule has 7 heteroatoms. The predicted octanol–water partition coefficient (Wildman–Crippen LogP) is 1.77. The number of imidazole rings is 1. The lowest BCUT2D eigenvalue weighted by Gasteiger charge is -2.06. The zero-order valence-electron chi connectivity index (χ0n) is 14.2. The van der Waals surface area contributed by atoms with Gasteiger partial charge in [0, 0.05) is 44.1 Å². The predicted molar refractivity (Wildman–Crippen MR) is 96.0 cm³/mol. The molecule has 0 saturated heterocycles. The van der Waals surface area contributed by atoms with E-state index >= 15 is 0 Å². The van der Waals surface area contributed by atoms with Crippen molar-refractivity contribution >= 4 is 5.91 Å². The quantitative estimate of drug-likeness (QED) is 0.735. The first kappa shape index (κ1) is 16.3. The molecule has 0 radical (unpaired) electrons. The molecular formula is C19H19N5O2. The fourth-order valence-corrected chi connectivity index (χ4v) is 2.75. The monoisotopic (exact) mass is 349 g/mol. The fourth-order valence-electron chi connectivity index (χ4n) is 2.75. The van der Waals surface area contributed by atoms with Gasteiger partial charge in [-0.15, -0.1) is 0 Å². The van der Waals surface area contributed by atoms with Crippen LogP contribution in [0.25, 0.3) is 5.82 Å². The van der Waals surface area contributed by atoms with Gasteiger partial charge in [-0.3, -0.25) is 18.9 Å². The van der Waals surface area contributed by atoms with Crippen LogP contribution in [0.5, 0.6) is 0 Å². The van der Waals surface area contributed by atoms with Gasteiger partial charge in [-0.25, -0.2) is 9.78 Å². The summed E-state index contributed by atoms with van der Waals surface area (Å²) in [6.45, 7) is 1.14. The zero-order valence-corrected chi connectivity index (χ0v) is 14.2. The minimum Gasteiger partial charge on any atom is -0.348 e. The summed E-state index contributed by atoms with van der Waals surface area (Å²) in [5.74, 6) is 1.03. The summed E-state index contributed by atoms with van der Waals surface area (Å²) < 4.78 is 3.28. The van der Waals surface area contributed by atoms with Crippen LogP contribution in [0.3, 0.4) is 0 Å². The molecule has 3 aromatic heterocycles. The van der Waals surface area contributed by atoms with E-state index in [-0.39, 0.29) is 11.6 Å². The van der Waals surface area contributed by atoms with Crippen molar-refractivity contribution in [3.8, 4) is 5.82 Å². The van der Waals surface area contributed by atoms with Crippen molar-refractivity contribution < 1.29 is 4.79 Å². The lowest BCUT2D eigenvalue weighted by atomic mass is 10.2. The highest BCUT2D eigenvalue weighted by Gasteiger charge is 2.22. The normalized spacial score (nSPS) is 13.5. The van der Waals surface area contributed by atoms with Gasteiger partial charge in [-0.1, -0.05) is 6.07 Å². The Morgan fingerprint density at radius 1 is 1.19 bits per heavy atom. The molecular weight excluding hydrogens is 330 g/mol. The molecule has 0 aromatic carbocycles. The van der Waals surface area contributed by atoms with Crippen LogP contribution in [0.1, 0.15) is 28.8 Å². The van der Waals surface area contributed by atoms with E-state index in [0.29, 0.717) is 23.8 Å². The van der Waals surface area contributed by atoms with Gasteiger partial charge in [0.1, 0.15) is 5.82 Å². The highest BCUT2D eigenvalue weighted by Crippen LogP contribution is 2.30. The summed E-state index contributed by atoms with van der Waals surface area (Å²) in [5, 5.41) is 2.83. The zero-order chi connectivity index (χ0) is 17.9. The molecule has 1 fully saturated rings. The standard InChI is InChI=1S/C19H19N5O2/c25-18(16-2-1-7-20-12-16)22-11-15-5-6-17(21-10-15)24-9-8-23(19(24)26)13-14-3-4-14/h1-2,5-10,12,14H,3-4,11,13H2,(H,22,25). The van der Waals surface area contributed by atoms with Crippen molar-refractivity contribution in [1.82, 2.24) is 24.4 Å². The van der Waals surface area contributed by atoms with E-state index in [2.05, 4.69) is 15.3 Å². The Kier molecular flexibility index (Phi) is 4.35. The molecule has 1 saturated carbocycles. The van der Waals surface area contributed by atoms with E-state index in [1.54, 1.807) is 45.9 Å². The van der Waals surface area contributed by atoms with Crippen molar-refractivity contribution in [1.29, 1.82) is 0 Å². The third-order valence-electron chi connectivity index (χ3n) is 4.43. The molecule has 0 unspecified atom stereocenters. The number of nitrogens with zero attached hydrogens (tertiary/aromatic N) is 4. The van der Waals surface area contributed by atoms with E-state index in [4.69, 9.17) is 0 Å². The Hall–Kier alpha value is -3.22. The summed E-state index contributed by atoms with van der Waals surface area (Å²) in [7, 11) is 0. The highest BCUT2D eigenvalue weighted by molar-refractivity contribution is 5.93. The number of carbonyl (C=O) groups is 1. The molecule has 26 heavy (non-hydrogen) atoms. The lowest BCUT2D eigenvalue weighted by Crippen LogP contribution is -2.24. The molecule has 0 bridgehead atoms. The summed E-state index contributed by atoms with van der Waals surface area (Å²) in [6, 6.07) is 7.08. The maximum atomic E-state index is 12.4. The van der Waals surface area contributed by atoms with Crippen LogP contribution < -0.4 is 11.0 Å². The van der Waals surface area contributed by atoms with Gasteiger partial charge < -0.3 is 5.32 Å². The average molecular weight is 349 g/mol. The van der Waals surface area contributed by atoms with Crippen molar-refractivity contribution in [2.75, 3.05) is 0 Å². The van der Waals surface area contributed by atoms with E-state index in [1.807, 2.05) is 12.3 Å². The van der Waals surface area contributed by atoms with E-state index in [0.717, 1.165) is 12.1 Å². The Morgan fingerprint density at radius 3 is 2.77 bits per heavy atom. The summed E-state index contributed by atoms with van der Waals surface area (Å²) in [6.07, 6.45) is 10.8. The van der Waals surface area contributed by atoms with Gasteiger partial charge in [-0.2, -0.15) is 0 Å². The topological polar surface area (TPSA) is 81.8 Å². The van der Waals surface area contributed by atoms with Gasteiger partial charge in [0.15, 0.2) is 0 Å². The second-order valence-corrected chi connectivity index (χ2v) is 6.50. The average Bonchev–Trinajstić information content (AvgIpc) is 3.43. The third kappa shape index (κ3) is 3.56. The van der Waals surface area contributed by atoms with Crippen LogP contribution in [0.4, 0.5) is 0 Å². The Bertz CT molecular complexity index is 956. The van der Waals surface area contributed by atoms with Crippen molar-refractivity contribution in [2.24, 2.45) is 5.92 Å². The first-order valence-electron chi connectivity index (χ1n) is 8.62. The molecule has 0 spiro atoms. The molecule has 0 aliphatic heterocycles. The van der Waals surface area contributed by atoms with Crippen molar-refractivity contribution in [3.05, 3.63) is 76.9 Å². The van der Waals surface area contributed by atoms with Crippen molar-refractivity contribution in [2.45, 2.75) is 25.9 Å². The molecule has 1 N–H and O–H groups in total. The van der Waals surface area contributed by atoms with Crippen LogP contribution >= 0.6 is 0 Å². The molecule has 3 heterocycles. The molecule has 1 aliphatic carbocycles. The SMILES string of the molecule is O=C(NCc1ccc(-n2ccn(CC3CC3)c2=O)nc1)c1cccnc1. The van der Waals surface area contributed by atoms with Crippen LogP contribution in [-0.2, 0) is 13.1 Å². The van der Waals surface area contributed by atoms with E-state index < -0.39 is 0 Å². The fraction of sp³-hybridized carbons (Fsp3) is 0.263. The van der Waals surface area contributed by atoms with E-state index in [9.17, 15) is 9.59 Å². The number of rotatable bonds is 6. The lowest BCUT2D eigenvalue weighted by molar-refractivity contribution is 0.0950. The van der Waals surface area contributed by atoms with Crippen LogP contribution in [0, 0.1) is 5.92 Å². The first-order valence-corrected chi connectivity index (χ1v) is 8.62. The van der Waals surface area contributed by atoms with Crippen molar-refractivity contribution in [3.63, 3.8) is 0 Å². The summed E-state index contributed by atoms with van der Waals surface area (Å²) in [5.41, 5.74) is 1.30. The molecule has 0 atom stereocenters. The number of hydrogen-bond acceptors (Lipinski definition) is 4. The smallest absolute Gasteiger partial charge is 0.333 e. The summed E-state index contributed by atoms with van der Waals surface area (Å²) >= 11 is 0. The Labute approximate surface area is 150 Å². The second kappa shape index (κ2) is 6.95. The minimum absolute atomic E-state index is 0.0676. The van der Waals surface area contributed by atoms with Crippen LogP contribution in [0.2, 0.25) is 0 Å². The van der Waals surface area contributed by atoms with E-state index in [1.165, 1.54) is 19.0 Å². The summed E-state index contributed by atoms with van der Waals surface area (Å²) in [4.78, 5) is 32.7. The number of aromatic nitrogens is 4. The van der Waals surface area contributed by atoms with Gasteiger partial charge in [-0.05, 0) is 42.5 Å². The second-order valence-electron chi connectivity index (χ2n) is 6.50.